The Bertz CT molecular complexity index is 621. The fraction of sp³-hybridized carbons (Fsp3) is 0.960. The quantitative estimate of drug-likeness (QED) is 0.471. The second-order valence-electron chi connectivity index (χ2n) is 12.7. The molecule has 4 saturated carbocycles. The number of hydrogen-bond donors (Lipinski definition) is 0. The second kappa shape index (κ2) is 6.94. The van der Waals surface area contributed by atoms with E-state index in [2.05, 4.69) is 47.7 Å². The van der Waals surface area contributed by atoms with E-state index in [0.29, 0.717) is 34.2 Å². The molecular weight excluding hydrogens is 360 g/mol. The Kier molecular flexibility index (Phi) is 5.23. The zero-order chi connectivity index (χ0) is 20.5. The minimum absolute atomic E-state index is 0.293. The maximum atomic E-state index is 12.3. The average molecular weight is 405 g/mol. The van der Waals surface area contributed by atoms with Crippen LogP contribution in [0, 0.1) is 40.9 Å². The topological polar surface area (TPSA) is 26.3 Å². The molecule has 0 aliphatic heterocycles. The summed E-state index contributed by atoms with van der Waals surface area (Å²) in [6.07, 6.45) is 10.6. The van der Waals surface area contributed by atoms with E-state index in [1.807, 2.05) is 0 Å². The highest BCUT2D eigenvalue weighted by Crippen LogP contribution is 2.63. The largest absolute Gasteiger partial charge is 0.413 e. The molecule has 2 nitrogen and oxygen atoms in total. The van der Waals surface area contributed by atoms with Gasteiger partial charge >= 0.3 is 0 Å². The third-order valence-corrected chi connectivity index (χ3v) is 14.8. The molecule has 0 heterocycles. The van der Waals surface area contributed by atoms with Crippen LogP contribution < -0.4 is 0 Å². The normalized spacial score (nSPS) is 46.7. The first kappa shape index (κ1) is 21.1. The van der Waals surface area contributed by atoms with Gasteiger partial charge in [0.05, 0.1) is 6.10 Å². The summed E-state index contributed by atoms with van der Waals surface area (Å²) in [4.78, 5) is 12.3. The summed E-state index contributed by atoms with van der Waals surface area (Å²) in [5.74, 6) is 5.03. The van der Waals surface area contributed by atoms with Gasteiger partial charge in [0.25, 0.3) is 0 Å². The van der Waals surface area contributed by atoms with Crippen LogP contribution in [0.15, 0.2) is 0 Å². The van der Waals surface area contributed by atoms with Gasteiger partial charge in [-0.25, -0.2) is 0 Å². The first-order chi connectivity index (χ1) is 12.9. The number of Topliss-reactive ketones (excluding diaryl/α,β-unsaturated/α-hetero) is 1. The Labute approximate surface area is 174 Å². The van der Waals surface area contributed by atoms with Crippen molar-refractivity contribution in [3.63, 3.8) is 0 Å². The summed E-state index contributed by atoms with van der Waals surface area (Å²) in [5, 5.41) is 0.293. The van der Waals surface area contributed by atoms with Crippen molar-refractivity contribution in [2.75, 3.05) is 0 Å². The molecule has 4 fully saturated rings. The molecule has 4 aliphatic carbocycles. The molecule has 0 radical (unpaired) electrons. The lowest BCUT2D eigenvalue weighted by Gasteiger charge is -2.56. The molecule has 8 atom stereocenters. The smallest absolute Gasteiger partial charge is 0.192 e. The van der Waals surface area contributed by atoms with Crippen LogP contribution in [-0.4, -0.2) is 20.2 Å². The predicted molar refractivity (Wildman–Crippen MR) is 119 cm³/mol. The van der Waals surface area contributed by atoms with E-state index in [0.717, 1.165) is 30.1 Å². The fourth-order valence-electron chi connectivity index (χ4n) is 7.53. The first-order valence-electron chi connectivity index (χ1n) is 12.1. The summed E-state index contributed by atoms with van der Waals surface area (Å²) in [5.41, 5.74) is 0.389. The molecule has 28 heavy (non-hydrogen) atoms. The van der Waals surface area contributed by atoms with Gasteiger partial charge in [0.2, 0.25) is 0 Å². The standard InChI is InChI=1S/C25H44O2Si/c1-16-14-20-17(15-22(16)26)8-9-19-18(20)12-13-25(5)21(19)10-11-23(25)27-28(6,7)24(2,3)4/h16-21,23H,8-15H2,1-7H3/t16?,17?,18-,19+,20-,21-,23?,25-/m0/s1. The van der Waals surface area contributed by atoms with Crippen molar-refractivity contribution in [3.05, 3.63) is 0 Å². The Morgan fingerprint density at radius 1 is 1.00 bits per heavy atom. The van der Waals surface area contributed by atoms with Crippen LogP contribution in [0.4, 0.5) is 0 Å². The third kappa shape index (κ3) is 3.27. The Balaban J connectivity index is 1.52. The lowest BCUT2D eigenvalue weighted by atomic mass is 9.50. The molecule has 4 aliphatic rings. The zero-order valence-corrected chi connectivity index (χ0v) is 20.5. The van der Waals surface area contributed by atoms with Gasteiger partial charge in [0.15, 0.2) is 8.32 Å². The predicted octanol–water partition coefficient (Wildman–Crippen LogP) is 6.84. The molecule has 0 N–H and O–H groups in total. The van der Waals surface area contributed by atoms with Crippen LogP contribution in [0.2, 0.25) is 18.1 Å². The fourth-order valence-corrected chi connectivity index (χ4v) is 8.98. The Morgan fingerprint density at radius 3 is 2.39 bits per heavy atom. The number of carbonyl (C=O) groups is 1. The summed E-state index contributed by atoms with van der Waals surface area (Å²) in [6.45, 7) is 16.8. The van der Waals surface area contributed by atoms with Crippen molar-refractivity contribution in [3.8, 4) is 0 Å². The van der Waals surface area contributed by atoms with Crippen molar-refractivity contribution < 1.29 is 9.22 Å². The molecule has 0 saturated heterocycles. The molecule has 0 bridgehead atoms. The van der Waals surface area contributed by atoms with Gasteiger partial charge in [-0.1, -0.05) is 34.6 Å². The van der Waals surface area contributed by atoms with Crippen molar-refractivity contribution in [2.45, 2.75) is 110 Å². The zero-order valence-electron chi connectivity index (χ0n) is 19.5. The number of carbonyl (C=O) groups excluding carboxylic acids is 1. The molecule has 160 valence electrons. The van der Waals surface area contributed by atoms with Gasteiger partial charge in [-0.05, 0) is 98.1 Å². The average Bonchev–Trinajstić information content (AvgIpc) is 2.91. The number of fused-ring (bicyclic) bond motifs is 5. The van der Waals surface area contributed by atoms with E-state index >= 15 is 0 Å². The summed E-state index contributed by atoms with van der Waals surface area (Å²) < 4.78 is 7.05. The minimum Gasteiger partial charge on any atom is -0.413 e. The van der Waals surface area contributed by atoms with E-state index in [4.69, 9.17) is 4.43 Å². The van der Waals surface area contributed by atoms with Gasteiger partial charge in [-0.2, -0.15) is 0 Å². The van der Waals surface area contributed by atoms with Crippen LogP contribution >= 0.6 is 0 Å². The second-order valence-corrected chi connectivity index (χ2v) is 17.5. The Morgan fingerprint density at radius 2 is 1.71 bits per heavy atom. The lowest BCUT2D eigenvalue weighted by Crippen LogP contribution is -2.53. The third-order valence-electron chi connectivity index (χ3n) is 10.3. The van der Waals surface area contributed by atoms with E-state index in [9.17, 15) is 4.79 Å². The van der Waals surface area contributed by atoms with E-state index in [1.54, 1.807) is 0 Å². The first-order valence-corrected chi connectivity index (χ1v) is 15.1. The van der Waals surface area contributed by atoms with E-state index in [1.165, 1.54) is 44.9 Å². The van der Waals surface area contributed by atoms with Gasteiger partial charge in [-0.3, -0.25) is 4.79 Å². The number of rotatable bonds is 2. The van der Waals surface area contributed by atoms with Crippen LogP contribution in [0.1, 0.15) is 86.0 Å². The minimum atomic E-state index is -1.72. The van der Waals surface area contributed by atoms with Crippen LogP contribution in [0.3, 0.4) is 0 Å². The van der Waals surface area contributed by atoms with Crippen molar-refractivity contribution in [1.29, 1.82) is 0 Å². The monoisotopic (exact) mass is 404 g/mol. The molecular formula is C25H44O2Si. The summed E-state index contributed by atoms with van der Waals surface area (Å²) >= 11 is 0. The highest BCUT2D eigenvalue weighted by Gasteiger charge is 2.59. The Hall–Kier alpha value is -0.153. The number of hydrogen-bond acceptors (Lipinski definition) is 2. The van der Waals surface area contributed by atoms with Gasteiger partial charge < -0.3 is 4.43 Å². The molecule has 0 aromatic rings. The van der Waals surface area contributed by atoms with Crippen molar-refractivity contribution in [1.82, 2.24) is 0 Å². The van der Waals surface area contributed by atoms with Crippen LogP contribution in [-0.2, 0) is 9.22 Å². The SMILES string of the molecule is CC1C[C@H]2C(CC[C@@H]3[C@@H]2CC[C@]2(C)C(O[Si](C)(C)C(C)(C)C)CC[C@@H]32)CC1=O. The molecule has 0 aromatic heterocycles. The molecule has 4 rings (SSSR count). The van der Waals surface area contributed by atoms with Crippen LogP contribution in [0.5, 0.6) is 0 Å². The molecule has 0 spiro atoms. The van der Waals surface area contributed by atoms with Crippen molar-refractivity contribution in [2.24, 2.45) is 40.9 Å². The molecule has 0 aromatic carbocycles. The van der Waals surface area contributed by atoms with Gasteiger partial charge in [0, 0.05) is 12.3 Å². The highest BCUT2D eigenvalue weighted by molar-refractivity contribution is 6.74. The molecule has 3 heteroatoms. The van der Waals surface area contributed by atoms with E-state index in [-0.39, 0.29) is 0 Å². The summed E-state index contributed by atoms with van der Waals surface area (Å²) in [7, 11) is -1.72. The maximum Gasteiger partial charge on any atom is 0.192 e. The molecule has 0 amide bonds. The lowest BCUT2D eigenvalue weighted by molar-refractivity contribution is -0.133. The molecule has 3 unspecified atom stereocenters. The van der Waals surface area contributed by atoms with Crippen molar-refractivity contribution >= 4 is 14.1 Å². The maximum absolute atomic E-state index is 12.3. The summed E-state index contributed by atoms with van der Waals surface area (Å²) in [6, 6.07) is 0. The highest BCUT2D eigenvalue weighted by atomic mass is 28.4. The van der Waals surface area contributed by atoms with Crippen LogP contribution in [0.25, 0.3) is 0 Å². The van der Waals surface area contributed by atoms with E-state index < -0.39 is 8.32 Å². The number of ketones is 1. The van der Waals surface area contributed by atoms with Gasteiger partial charge in [0.1, 0.15) is 5.78 Å². The van der Waals surface area contributed by atoms with Gasteiger partial charge in [-0.15, -0.1) is 0 Å².